The third-order valence-corrected chi connectivity index (χ3v) is 5.16. The first-order valence-electron chi connectivity index (χ1n) is 8.21. The Kier molecular flexibility index (Phi) is 7.54. The molecule has 0 heterocycles. The van der Waals surface area contributed by atoms with Crippen molar-refractivity contribution in [2.75, 3.05) is 12.9 Å². The number of methoxy groups -OCH3 is 1. The molecule has 1 atom stereocenters. The van der Waals surface area contributed by atoms with Crippen LogP contribution in [-0.4, -0.2) is 24.6 Å². The first kappa shape index (κ1) is 20.3. The van der Waals surface area contributed by atoms with Crippen LogP contribution in [0.5, 0.6) is 5.75 Å². The zero-order valence-corrected chi connectivity index (χ0v) is 16.6. The lowest BCUT2D eigenvalue weighted by Gasteiger charge is -2.14. The van der Waals surface area contributed by atoms with E-state index in [0.717, 1.165) is 16.9 Å². The van der Waals surface area contributed by atoms with E-state index in [1.165, 1.54) is 18.7 Å². The molecule has 26 heavy (non-hydrogen) atoms. The van der Waals surface area contributed by atoms with Gasteiger partial charge in [-0.25, -0.2) is 0 Å². The Morgan fingerprint density at radius 3 is 2.50 bits per heavy atom. The van der Waals surface area contributed by atoms with E-state index >= 15 is 0 Å². The van der Waals surface area contributed by atoms with Crippen molar-refractivity contribution in [3.05, 3.63) is 64.2 Å². The summed E-state index contributed by atoms with van der Waals surface area (Å²) in [7, 11) is 1.59. The molecule has 0 unspecified atom stereocenters. The number of hydrogen-bond donors (Lipinski definition) is 1. The van der Waals surface area contributed by atoms with E-state index in [2.05, 4.69) is 5.32 Å². The number of nitrogens with one attached hydrogen (secondary N) is 1. The fourth-order valence-electron chi connectivity index (χ4n) is 2.48. The first-order chi connectivity index (χ1) is 12.4. The monoisotopic (exact) mass is 391 g/mol. The summed E-state index contributed by atoms with van der Waals surface area (Å²) in [6.45, 7) is 3.47. The first-order valence-corrected chi connectivity index (χ1v) is 9.74. The van der Waals surface area contributed by atoms with Crippen molar-refractivity contribution in [3.8, 4) is 5.75 Å². The van der Waals surface area contributed by atoms with E-state index in [-0.39, 0.29) is 17.7 Å². The highest BCUT2D eigenvalue weighted by Gasteiger charge is 2.11. The van der Waals surface area contributed by atoms with E-state index in [9.17, 15) is 9.59 Å². The van der Waals surface area contributed by atoms with Crippen LogP contribution in [0.2, 0.25) is 5.02 Å². The van der Waals surface area contributed by atoms with Gasteiger partial charge in [-0.05, 0) is 49.7 Å². The van der Waals surface area contributed by atoms with Crippen LogP contribution in [-0.2, 0) is 10.5 Å². The van der Waals surface area contributed by atoms with Crippen molar-refractivity contribution in [3.63, 3.8) is 0 Å². The van der Waals surface area contributed by atoms with Crippen LogP contribution in [0, 0.1) is 0 Å². The number of benzene rings is 2. The maximum atomic E-state index is 12.2. The molecule has 2 aromatic carbocycles. The highest BCUT2D eigenvalue weighted by Crippen LogP contribution is 2.25. The van der Waals surface area contributed by atoms with Gasteiger partial charge in [0.05, 0.1) is 18.9 Å². The zero-order chi connectivity index (χ0) is 19.1. The summed E-state index contributed by atoms with van der Waals surface area (Å²) >= 11 is 7.36. The van der Waals surface area contributed by atoms with Gasteiger partial charge in [0, 0.05) is 21.9 Å². The number of Topliss-reactive ketones (excluding diaryl/α,β-unsaturated/α-hetero) is 1. The minimum absolute atomic E-state index is 0.00781. The predicted octanol–water partition coefficient (Wildman–Crippen LogP) is 4.66. The molecule has 2 aromatic rings. The van der Waals surface area contributed by atoms with E-state index in [0.29, 0.717) is 22.1 Å². The lowest BCUT2D eigenvalue weighted by atomic mass is 10.1. The molecule has 0 radical (unpaired) electrons. The Morgan fingerprint density at radius 1 is 1.19 bits per heavy atom. The van der Waals surface area contributed by atoms with Crippen LogP contribution in [0.3, 0.4) is 0 Å². The third-order valence-electron chi connectivity index (χ3n) is 3.93. The second kappa shape index (κ2) is 9.64. The SMILES string of the molecule is COc1ccc(C(C)=O)cc1CSCC(=O)N[C@@H](C)c1ccc(Cl)cc1. The standard InChI is InChI=1S/C20H22ClNO3S/c1-13(15-4-7-18(21)8-5-15)22-20(24)12-26-11-17-10-16(14(2)23)6-9-19(17)25-3/h4-10,13H,11-12H2,1-3H3,(H,22,24)/t13-/m0/s1. The van der Waals surface area contributed by atoms with Gasteiger partial charge in [0.25, 0.3) is 0 Å². The van der Waals surface area contributed by atoms with E-state index in [1.54, 1.807) is 19.2 Å². The molecule has 138 valence electrons. The molecule has 4 nitrogen and oxygen atoms in total. The van der Waals surface area contributed by atoms with Crippen molar-refractivity contribution in [2.45, 2.75) is 25.6 Å². The molecule has 1 N–H and O–H groups in total. The summed E-state index contributed by atoms with van der Waals surface area (Å²) in [5.74, 6) is 1.60. The molecule has 0 aliphatic carbocycles. The number of thioether (sulfide) groups is 1. The maximum absolute atomic E-state index is 12.2. The summed E-state index contributed by atoms with van der Waals surface area (Å²) in [5.41, 5.74) is 2.55. The van der Waals surface area contributed by atoms with Gasteiger partial charge in [0.2, 0.25) is 5.91 Å². The number of ketones is 1. The van der Waals surface area contributed by atoms with Crippen molar-refractivity contribution >= 4 is 35.1 Å². The van der Waals surface area contributed by atoms with Crippen LogP contribution in [0.4, 0.5) is 0 Å². The quantitative estimate of drug-likeness (QED) is 0.665. The Balaban J connectivity index is 1.89. The molecule has 0 bridgehead atoms. The molecule has 1 amide bonds. The van der Waals surface area contributed by atoms with Gasteiger partial charge in [0.15, 0.2) is 5.78 Å². The number of carbonyl (C=O) groups excluding carboxylic acids is 2. The van der Waals surface area contributed by atoms with E-state index in [4.69, 9.17) is 16.3 Å². The van der Waals surface area contributed by atoms with Gasteiger partial charge in [-0.2, -0.15) is 0 Å². The molecule has 0 saturated heterocycles. The Bertz CT molecular complexity index is 777. The Morgan fingerprint density at radius 2 is 1.88 bits per heavy atom. The molecule has 0 saturated carbocycles. The fraction of sp³-hybridized carbons (Fsp3) is 0.300. The van der Waals surface area contributed by atoms with Gasteiger partial charge >= 0.3 is 0 Å². The summed E-state index contributed by atoms with van der Waals surface area (Å²) in [6.07, 6.45) is 0. The number of rotatable bonds is 8. The van der Waals surface area contributed by atoms with Crippen molar-refractivity contribution in [1.29, 1.82) is 0 Å². The van der Waals surface area contributed by atoms with Crippen LogP contribution in [0.15, 0.2) is 42.5 Å². The van der Waals surface area contributed by atoms with Crippen LogP contribution in [0.25, 0.3) is 0 Å². The number of halogens is 1. The summed E-state index contributed by atoms with van der Waals surface area (Å²) in [4.78, 5) is 23.7. The lowest BCUT2D eigenvalue weighted by Crippen LogP contribution is -2.28. The Labute approximate surface area is 163 Å². The number of ether oxygens (including phenoxy) is 1. The van der Waals surface area contributed by atoms with Gasteiger partial charge in [-0.1, -0.05) is 23.7 Å². The molecule has 0 aromatic heterocycles. The minimum atomic E-state index is -0.0871. The second-order valence-electron chi connectivity index (χ2n) is 5.92. The highest BCUT2D eigenvalue weighted by molar-refractivity contribution is 7.99. The molecule has 0 aliphatic rings. The normalized spacial score (nSPS) is 11.7. The summed E-state index contributed by atoms with van der Waals surface area (Å²) in [5, 5.41) is 3.64. The summed E-state index contributed by atoms with van der Waals surface area (Å²) in [6, 6.07) is 12.7. The molecule has 0 fully saturated rings. The smallest absolute Gasteiger partial charge is 0.230 e. The Hall–Kier alpha value is -1.98. The number of hydrogen-bond acceptors (Lipinski definition) is 4. The molecule has 2 rings (SSSR count). The fourth-order valence-corrected chi connectivity index (χ4v) is 3.42. The second-order valence-corrected chi connectivity index (χ2v) is 7.34. The highest BCUT2D eigenvalue weighted by atomic mass is 35.5. The zero-order valence-electron chi connectivity index (χ0n) is 15.0. The topological polar surface area (TPSA) is 55.4 Å². The predicted molar refractivity (Wildman–Crippen MR) is 107 cm³/mol. The minimum Gasteiger partial charge on any atom is -0.496 e. The van der Waals surface area contributed by atoms with Crippen LogP contribution in [0.1, 0.15) is 41.4 Å². The van der Waals surface area contributed by atoms with E-state index < -0.39 is 0 Å². The van der Waals surface area contributed by atoms with Gasteiger partial charge < -0.3 is 10.1 Å². The van der Waals surface area contributed by atoms with Crippen molar-refractivity contribution in [1.82, 2.24) is 5.32 Å². The van der Waals surface area contributed by atoms with Crippen molar-refractivity contribution < 1.29 is 14.3 Å². The maximum Gasteiger partial charge on any atom is 0.230 e. The molecule has 6 heteroatoms. The summed E-state index contributed by atoms with van der Waals surface area (Å²) < 4.78 is 5.33. The third kappa shape index (κ3) is 5.78. The molecular formula is C20H22ClNO3S. The average Bonchev–Trinajstić information content (AvgIpc) is 2.62. The van der Waals surface area contributed by atoms with Gasteiger partial charge in [0.1, 0.15) is 5.75 Å². The molecular weight excluding hydrogens is 370 g/mol. The molecule has 0 spiro atoms. The van der Waals surface area contributed by atoms with Crippen molar-refractivity contribution in [2.24, 2.45) is 0 Å². The number of carbonyl (C=O) groups is 2. The number of amides is 1. The van der Waals surface area contributed by atoms with E-state index in [1.807, 2.05) is 37.3 Å². The lowest BCUT2D eigenvalue weighted by molar-refractivity contribution is -0.119. The van der Waals surface area contributed by atoms with Crippen LogP contribution < -0.4 is 10.1 Å². The average molecular weight is 392 g/mol. The largest absolute Gasteiger partial charge is 0.496 e. The molecule has 0 aliphatic heterocycles. The van der Waals surface area contributed by atoms with Gasteiger partial charge in [-0.15, -0.1) is 11.8 Å². The van der Waals surface area contributed by atoms with Crippen LogP contribution >= 0.6 is 23.4 Å². The van der Waals surface area contributed by atoms with Gasteiger partial charge in [-0.3, -0.25) is 9.59 Å².